The van der Waals surface area contributed by atoms with Crippen molar-refractivity contribution in [2.45, 2.75) is 380 Å². The van der Waals surface area contributed by atoms with E-state index in [1.165, 1.54) is 234 Å². The Hall–Kier alpha value is -7.20. The van der Waals surface area contributed by atoms with Gasteiger partial charge in [-0.05, 0) is 173 Å². The van der Waals surface area contributed by atoms with E-state index in [-0.39, 0.29) is 41.8 Å². The average molecular weight is 1810 g/mol. The van der Waals surface area contributed by atoms with E-state index in [0.717, 1.165) is 97.6 Å². The van der Waals surface area contributed by atoms with Crippen molar-refractivity contribution in [2.75, 3.05) is 0 Å². The molecule has 0 fully saturated rings. The monoisotopic (exact) mass is 1810 g/mol. The summed E-state index contributed by atoms with van der Waals surface area (Å²) in [5.41, 5.74) is 11.4. The van der Waals surface area contributed by atoms with E-state index in [9.17, 15) is 44.4 Å². The quantitative estimate of drug-likeness (QED) is 0.00977. The Kier molecular flexibility index (Phi) is 76.1. The fourth-order valence-corrected chi connectivity index (χ4v) is 14.8. The number of carbonyl (C=O) groups is 5. The highest BCUT2D eigenvalue weighted by molar-refractivity contribution is 6.68. The van der Waals surface area contributed by atoms with Gasteiger partial charge in [-0.3, -0.25) is 24.0 Å². The number of alkyl halides is 3. The van der Waals surface area contributed by atoms with Crippen LogP contribution in [0.3, 0.4) is 0 Å². The first-order valence-corrected chi connectivity index (χ1v) is 48.2. The molecular formula is C104H157Cl5O14. The van der Waals surface area contributed by atoms with Crippen LogP contribution >= 0.6 is 58.0 Å². The third-order valence-corrected chi connectivity index (χ3v) is 22.0. The number of aliphatic carboxylic acids is 5. The van der Waals surface area contributed by atoms with Crippen molar-refractivity contribution < 1.29 is 69.9 Å². The summed E-state index contributed by atoms with van der Waals surface area (Å²) in [7, 11) is 0. The molecule has 0 bridgehead atoms. The minimum absolute atomic E-state index is 0.222. The van der Waals surface area contributed by atoms with E-state index in [1.807, 2.05) is 72.8 Å². The normalized spacial score (nSPS) is 11.1. The van der Waals surface area contributed by atoms with Crippen LogP contribution in [0.25, 0.3) is 22.3 Å². The Morgan fingerprint density at radius 3 is 0.520 bits per heavy atom. The molecule has 14 nitrogen and oxygen atoms in total. The molecule has 0 aliphatic heterocycles. The highest BCUT2D eigenvalue weighted by Crippen LogP contribution is 2.46. The number of hydrogen-bond acceptors (Lipinski definition) is 9. The van der Waals surface area contributed by atoms with Gasteiger partial charge in [-0.2, -0.15) is 0 Å². The average Bonchev–Trinajstić information content (AvgIpc) is 0.754. The molecule has 0 saturated heterocycles. The van der Waals surface area contributed by atoms with E-state index >= 15 is 0 Å². The number of carboxylic acids is 5. The Balaban J connectivity index is 0. The molecule has 0 saturated carbocycles. The predicted molar refractivity (Wildman–Crippen MR) is 522 cm³/mol. The molecule has 0 spiro atoms. The van der Waals surface area contributed by atoms with Gasteiger partial charge in [-0.1, -0.05) is 424 Å². The topological polar surface area (TPSA) is 267 Å². The summed E-state index contributed by atoms with van der Waals surface area (Å²) in [6.07, 6.45) is 56.0. The van der Waals surface area contributed by atoms with Crippen LogP contribution in [-0.4, -0.2) is 79.6 Å². The number of benzene rings is 6. The number of halogens is 5. The minimum atomic E-state index is -1.46. The molecule has 0 heterocycles. The lowest BCUT2D eigenvalue weighted by Gasteiger charge is -2.25. The van der Waals surface area contributed by atoms with Crippen LogP contribution in [0.2, 0.25) is 10.0 Å². The molecule has 0 atom stereocenters. The van der Waals surface area contributed by atoms with Crippen molar-refractivity contribution in [1.29, 1.82) is 0 Å². The first-order chi connectivity index (χ1) is 59.0. The summed E-state index contributed by atoms with van der Waals surface area (Å²) in [5.74, 6) is -2.70. The van der Waals surface area contributed by atoms with Crippen molar-refractivity contribution in [1.82, 2.24) is 0 Å². The number of phenols is 4. The molecule has 0 aliphatic carbocycles. The van der Waals surface area contributed by atoms with E-state index in [0.29, 0.717) is 29.3 Å². The summed E-state index contributed by atoms with van der Waals surface area (Å²) >= 11 is 30.1. The van der Waals surface area contributed by atoms with E-state index in [4.69, 9.17) is 83.5 Å². The van der Waals surface area contributed by atoms with Gasteiger partial charge < -0.3 is 46.0 Å². The zero-order chi connectivity index (χ0) is 92.1. The Morgan fingerprint density at radius 1 is 0.236 bits per heavy atom. The summed E-state index contributed by atoms with van der Waals surface area (Å²) in [5, 5.41) is 79.8. The number of phenolic OH excluding ortho intramolecular Hbond substituents is 4. The second-order valence-corrected chi connectivity index (χ2v) is 34.5. The fourth-order valence-electron chi connectivity index (χ4n) is 13.8. The number of rotatable bonds is 54. The highest BCUT2D eigenvalue weighted by atomic mass is 35.6. The number of carboxylic acid groups (broad SMARTS) is 5. The van der Waals surface area contributed by atoms with Gasteiger partial charge in [0.1, 0.15) is 23.0 Å². The van der Waals surface area contributed by atoms with Crippen molar-refractivity contribution in [3.63, 3.8) is 0 Å². The lowest BCUT2D eigenvalue weighted by Crippen LogP contribution is -2.18. The number of allylic oxidation sites excluding steroid dienone is 4. The molecule has 6 aromatic carbocycles. The second-order valence-electron chi connectivity index (χ2n) is 31.2. The number of aromatic hydroxyl groups is 4. The van der Waals surface area contributed by atoms with Crippen LogP contribution in [0.4, 0.5) is 0 Å². The predicted octanol–water partition coefficient (Wildman–Crippen LogP) is 33.8. The van der Waals surface area contributed by atoms with Crippen LogP contribution in [0, 0.1) is 0 Å². The maximum absolute atomic E-state index is 10.3. The smallest absolute Gasteiger partial charge is 0.303 e. The molecule has 6 rings (SSSR count). The van der Waals surface area contributed by atoms with Crippen molar-refractivity contribution >= 4 is 110 Å². The van der Waals surface area contributed by atoms with E-state index in [2.05, 4.69) is 48.5 Å². The zero-order valence-electron chi connectivity index (χ0n) is 76.3. The first-order valence-electron chi connectivity index (χ1n) is 46.3. The standard InChI is InChI=1S/2C18H20O2.3C16H32O2.C14H9Cl5.2C3H6O2/c2*1-3-17(13-5-9-15(19)10-6-13)18(4-2)14-7-11-16(20)12-8-14;3*1-2-3-4-5-6-7-8-9-10-11-12-13-14-15-16(17)18;15-11-5-1-9(2-6-11)13(14(17,18)19)10-3-7-12(16)8-4-10;2*1-2-3(4)5/h2*5-12,19-20H,3-4H2,1-2H3;3*2-15H2,1H3,(H,17,18);1-8,13H;2*2H2,1H3,(H,4,5)/b2*18-17+;;;;;;. The van der Waals surface area contributed by atoms with Gasteiger partial charge in [0.25, 0.3) is 0 Å². The third kappa shape index (κ3) is 66.9. The molecule has 692 valence electrons. The molecular weight excluding hydrogens is 1650 g/mol. The SMILES string of the molecule is CC/C(=C(/CC)c1ccc(O)cc1)c1ccc(O)cc1.CC/C(=C(/CC)c1ccc(O)cc1)c1ccc(O)cc1.CCC(=O)O.CCC(=O)O.CCCCCCCCCCCCCCCC(=O)O.CCCCCCCCCCCCCCCC(=O)O.CCCCCCCCCCCCCCCC(=O)O.Clc1ccc(C(c2ccc(Cl)cc2)C(Cl)(Cl)Cl)cc1. The van der Waals surface area contributed by atoms with Crippen molar-refractivity contribution in [3.8, 4) is 23.0 Å². The minimum Gasteiger partial charge on any atom is -0.508 e. The molecule has 123 heavy (non-hydrogen) atoms. The van der Waals surface area contributed by atoms with Crippen LogP contribution in [0.5, 0.6) is 23.0 Å². The van der Waals surface area contributed by atoms with Gasteiger partial charge in [0.2, 0.25) is 3.79 Å². The van der Waals surface area contributed by atoms with E-state index < -0.39 is 33.6 Å². The first kappa shape index (κ1) is 118. The molecule has 0 aliphatic rings. The van der Waals surface area contributed by atoms with Gasteiger partial charge in [0.05, 0.1) is 5.92 Å². The fraction of sp³-hybridized carbons (Fsp3) is 0.567. The molecule has 0 amide bonds. The van der Waals surface area contributed by atoms with Gasteiger partial charge in [-0.15, -0.1) is 0 Å². The van der Waals surface area contributed by atoms with Gasteiger partial charge in [0, 0.05) is 42.1 Å². The third-order valence-electron chi connectivity index (χ3n) is 20.8. The molecule has 9 N–H and O–H groups in total. The Labute approximate surface area is 767 Å². The highest BCUT2D eigenvalue weighted by Gasteiger charge is 2.35. The van der Waals surface area contributed by atoms with Gasteiger partial charge in [0.15, 0.2) is 0 Å². The molecule has 0 unspecified atom stereocenters. The van der Waals surface area contributed by atoms with Crippen LogP contribution in [-0.2, 0) is 24.0 Å². The maximum Gasteiger partial charge on any atom is 0.303 e. The lowest BCUT2D eigenvalue weighted by atomic mass is 9.91. The molecule has 19 heteroatoms. The molecule has 6 aromatic rings. The Bertz CT molecular complexity index is 3250. The van der Waals surface area contributed by atoms with Gasteiger partial charge >= 0.3 is 29.8 Å². The van der Waals surface area contributed by atoms with Crippen LogP contribution in [0.15, 0.2) is 146 Å². The van der Waals surface area contributed by atoms with Crippen LogP contribution in [0.1, 0.15) is 410 Å². The van der Waals surface area contributed by atoms with Gasteiger partial charge in [-0.25, -0.2) is 0 Å². The summed E-state index contributed by atoms with van der Waals surface area (Å²) in [6, 6.07) is 43.8. The summed E-state index contributed by atoms with van der Waals surface area (Å²) in [4.78, 5) is 49.6. The van der Waals surface area contributed by atoms with E-state index in [1.54, 1.807) is 86.6 Å². The summed E-state index contributed by atoms with van der Waals surface area (Å²) < 4.78 is -1.46. The lowest BCUT2D eigenvalue weighted by molar-refractivity contribution is -0.138. The largest absolute Gasteiger partial charge is 0.508 e. The van der Waals surface area contributed by atoms with Crippen molar-refractivity contribution in [3.05, 3.63) is 189 Å². The molecule has 0 radical (unpaired) electrons. The second kappa shape index (κ2) is 79.4. The number of hydrogen-bond donors (Lipinski definition) is 9. The molecule has 0 aromatic heterocycles. The number of unbranched alkanes of at least 4 members (excludes halogenated alkanes) is 36. The van der Waals surface area contributed by atoms with Crippen LogP contribution < -0.4 is 0 Å². The van der Waals surface area contributed by atoms with Crippen molar-refractivity contribution in [2.24, 2.45) is 0 Å². The Morgan fingerprint density at radius 2 is 0.390 bits per heavy atom. The summed E-state index contributed by atoms with van der Waals surface area (Å²) in [6.45, 7) is 18.5. The maximum atomic E-state index is 10.3. The zero-order valence-corrected chi connectivity index (χ0v) is 80.1.